The van der Waals surface area contributed by atoms with E-state index in [9.17, 15) is 4.79 Å². The molecule has 2 aliphatic rings. The van der Waals surface area contributed by atoms with Crippen molar-refractivity contribution in [3.63, 3.8) is 0 Å². The number of nitrogens with one attached hydrogen (secondary N) is 1. The molecule has 0 radical (unpaired) electrons. The van der Waals surface area contributed by atoms with Gasteiger partial charge in [-0.3, -0.25) is 4.79 Å². The predicted octanol–water partition coefficient (Wildman–Crippen LogP) is 0.746. The molecule has 6 nitrogen and oxygen atoms in total. The number of ether oxygens (including phenoxy) is 1. The van der Waals surface area contributed by atoms with Crippen LogP contribution in [0.2, 0.25) is 0 Å². The molecule has 0 saturated carbocycles. The molecule has 3 rings (SSSR count). The van der Waals surface area contributed by atoms with Crippen LogP contribution < -0.4 is 10.2 Å². The third kappa shape index (κ3) is 3.48. The molecule has 0 aromatic carbocycles. The molecule has 0 unspecified atom stereocenters. The van der Waals surface area contributed by atoms with Gasteiger partial charge in [0.25, 0.3) is 0 Å². The first-order chi connectivity index (χ1) is 11.2. The Morgan fingerprint density at radius 2 is 2.00 bits per heavy atom. The Hall–Kier alpha value is -1.66. The summed E-state index contributed by atoms with van der Waals surface area (Å²) in [5, 5.41) is 3.34. The van der Waals surface area contributed by atoms with E-state index in [2.05, 4.69) is 15.2 Å². The van der Waals surface area contributed by atoms with E-state index in [1.807, 2.05) is 29.3 Å². The fraction of sp³-hybridized carbons (Fsp3) is 0.647. The molecule has 3 heterocycles. The zero-order valence-electron chi connectivity index (χ0n) is 13.8. The van der Waals surface area contributed by atoms with E-state index in [1.165, 1.54) is 0 Å². The second kappa shape index (κ2) is 7.27. The fourth-order valence-electron chi connectivity index (χ4n) is 3.62. The quantitative estimate of drug-likeness (QED) is 0.888. The maximum atomic E-state index is 13.1. The number of piperazine rings is 1. The number of hydrogen-bond acceptors (Lipinski definition) is 5. The average molecular weight is 318 g/mol. The van der Waals surface area contributed by atoms with Gasteiger partial charge in [0.15, 0.2) is 0 Å². The van der Waals surface area contributed by atoms with Crippen LogP contribution in [0.15, 0.2) is 24.4 Å². The Morgan fingerprint density at radius 1 is 1.26 bits per heavy atom. The highest BCUT2D eigenvalue weighted by molar-refractivity contribution is 5.83. The van der Waals surface area contributed by atoms with Crippen LogP contribution in [0.3, 0.4) is 0 Å². The second-order valence-corrected chi connectivity index (χ2v) is 6.43. The molecular weight excluding hydrogens is 292 g/mol. The van der Waals surface area contributed by atoms with Gasteiger partial charge in [-0.25, -0.2) is 4.98 Å². The van der Waals surface area contributed by atoms with Crippen LogP contribution in [0, 0.1) is 5.41 Å². The van der Waals surface area contributed by atoms with Crippen molar-refractivity contribution in [2.75, 3.05) is 57.9 Å². The normalized spacial score (nSPS) is 21.3. The van der Waals surface area contributed by atoms with E-state index in [0.717, 1.165) is 57.9 Å². The van der Waals surface area contributed by atoms with Crippen LogP contribution >= 0.6 is 0 Å². The number of pyridine rings is 1. The van der Waals surface area contributed by atoms with Gasteiger partial charge in [0.2, 0.25) is 5.91 Å². The third-order valence-corrected chi connectivity index (χ3v) is 4.98. The van der Waals surface area contributed by atoms with Crippen LogP contribution in [0.1, 0.15) is 12.8 Å². The van der Waals surface area contributed by atoms with E-state index in [4.69, 9.17) is 4.74 Å². The Morgan fingerprint density at radius 3 is 2.61 bits per heavy atom. The number of nitrogens with zero attached hydrogens (tertiary/aromatic N) is 3. The Balaban J connectivity index is 1.63. The zero-order valence-corrected chi connectivity index (χ0v) is 13.8. The molecule has 0 atom stereocenters. The van der Waals surface area contributed by atoms with Crippen molar-refractivity contribution >= 4 is 11.7 Å². The summed E-state index contributed by atoms with van der Waals surface area (Å²) in [4.78, 5) is 21.8. The van der Waals surface area contributed by atoms with Gasteiger partial charge in [-0.2, -0.15) is 0 Å². The lowest BCUT2D eigenvalue weighted by Gasteiger charge is -2.43. The van der Waals surface area contributed by atoms with Crippen molar-refractivity contribution in [3.8, 4) is 0 Å². The lowest BCUT2D eigenvalue weighted by atomic mass is 9.78. The van der Waals surface area contributed by atoms with Crippen molar-refractivity contribution in [1.29, 1.82) is 0 Å². The minimum Gasteiger partial charge on any atom is -0.384 e. The van der Waals surface area contributed by atoms with Crippen LogP contribution in [0.4, 0.5) is 5.82 Å². The first-order valence-electron chi connectivity index (χ1n) is 8.40. The molecule has 1 aromatic heterocycles. The molecule has 1 aromatic rings. The van der Waals surface area contributed by atoms with Crippen LogP contribution in [-0.2, 0) is 9.53 Å². The van der Waals surface area contributed by atoms with E-state index in [1.54, 1.807) is 7.11 Å². The minimum atomic E-state index is -0.340. The summed E-state index contributed by atoms with van der Waals surface area (Å²) < 4.78 is 5.39. The first-order valence-corrected chi connectivity index (χ1v) is 8.40. The molecular formula is C17H26N4O2. The lowest BCUT2D eigenvalue weighted by molar-refractivity contribution is -0.147. The highest BCUT2D eigenvalue weighted by Crippen LogP contribution is 2.32. The molecule has 0 aliphatic carbocycles. The molecule has 0 spiro atoms. The zero-order chi connectivity index (χ0) is 16.1. The Bertz CT molecular complexity index is 503. The smallest absolute Gasteiger partial charge is 0.231 e. The van der Waals surface area contributed by atoms with E-state index < -0.39 is 0 Å². The van der Waals surface area contributed by atoms with Gasteiger partial charge >= 0.3 is 0 Å². The summed E-state index contributed by atoms with van der Waals surface area (Å²) in [6.45, 7) is 5.50. The highest BCUT2D eigenvalue weighted by Gasteiger charge is 2.42. The molecule has 2 fully saturated rings. The molecule has 0 bridgehead atoms. The number of hydrogen-bond donors (Lipinski definition) is 1. The number of aromatic nitrogens is 1. The van der Waals surface area contributed by atoms with Crippen LogP contribution in [-0.4, -0.2) is 68.8 Å². The Kier molecular flexibility index (Phi) is 5.13. The average Bonchev–Trinajstić information content (AvgIpc) is 2.63. The summed E-state index contributed by atoms with van der Waals surface area (Å²) >= 11 is 0. The highest BCUT2D eigenvalue weighted by atomic mass is 16.5. The largest absolute Gasteiger partial charge is 0.384 e. The molecule has 1 amide bonds. The summed E-state index contributed by atoms with van der Waals surface area (Å²) in [5.74, 6) is 1.26. The maximum Gasteiger partial charge on any atom is 0.231 e. The number of carbonyl (C=O) groups excluding carboxylic acids is 1. The first kappa shape index (κ1) is 16.2. The summed E-state index contributed by atoms with van der Waals surface area (Å²) in [7, 11) is 1.69. The molecule has 6 heteroatoms. The lowest BCUT2D eigenvalue weighted by Crippen LogP contribution is -2.56. The maximum absolute atomic E-state index is 13.1. The SMILES string of the molecule is COCC1(C(=O)N2CCN(c3ccccn3)CC2)CCNCC1. The monoisotopic (exact) mass is 318 g/mol. The molecule has 126 valence electrons. The van der Waals surface area contributed by atoms with Crippen LogP contribution in [0.5, 0.6) is 0 Å². The third-order valence-electron chi connectivity index (χ3n) is 4.98. The van der Waals surface area contributed by atoms with Crippen molar-refractivity contribution in [2.24, 2.45) is 5.41 Å². The van der Waals surface area contributed by atoms with Gasteiger partial charge in [0.05, 0.1) is 12.0 Å². The number of anilines is 1. The van der Waals surface area contributed by atoms with E-state index in [0.29, 0.717) is 6.61 Å². The molecule has 2 saturated heterocycles. The van der Waals surface area contributed by atoms with Gasteiger partial charge in [-0.1, -0.05) is 6.07 Å². The number of rotatable bonds is 4. The summed E-state index contributed by atoms with van der Waals surface area (Å²) in [6, 6.07) is 5.95. The number of amides is 1. The van der Waals surface area contributed by atoms with Gasteiger partial charge in [0.1, 0.15) is 5.82 Å². The van der Waals surface area contributed by atoms with E-state index in [-0.39, 0.29) is 11.3 Å². The molecule has 1 N–H and O–H groups in total. The summed E-state index contributed by atoms with van der Waals surface area (Å²) in [6.07, 6.45) is 3.54. The topological polar surface area (TPSA) is 57.7 Å². The van der Waals surface area contributed by atoms with Gasteiger partial charge in [-0.15, -0.1) is 0 Å². The number of carbonyl (C=O) groups is 1. The van der Waals surface area contributed by atoms with Crippen molar-refractivity contribution in [2.45, 2.75) is 12.8 Å². The van der Waals surface area contributed by atoms with Gasteiger partial charge in [-0.05, 0) is 38.1 Å². The van der Waals surface area contributed by atoms with Crippen molar-refractivity contribution in [1.82, 2.24) is 15.2 Å². The molecule has 23 heavy (non-hydrogen) atoms. The van der Waals surface area contributed by atoms with Crippen molar-refractivity contribution < 1.29 is 9.53 Å². The van der Waals surface area contributed by atoms with Crippen molar-refractivity contribution in [3.05, 3.63) is 24.4 Å². The van der Waals surface area contributed by atoms with Gasteiger partial charge < -0.3 is 19.9 Å². The minimum absolute atomic E-state index is 0.265. The summed E-state index contributed by atoms with van der Waals surface area (Å²) in [5.41, 5.74) is -0.340. The van der Waals surface area contributed by atoms with Gasteiger partial charge in [0, 0.05) is 39.5 Å². The number of methoxy groups -OCH3 is 1. The standard InChI is InChI=1S/C17H26N4O2/c1-23-14-17(5-8-18-9-6-17)16(22)21-12-10-20(11-13-21)15-4-2-3-7-19-15/h2-4,7,18H,5-6,8-14H2,1H3. The Labute approximate surface area is 137 Å². The second-order valence-electron chi connectivity index (χ2n) is 6.43. The number of piperidine rings is 1. The predicted molar refractivity (Wildman–Crippen MR) is 89.4 cm³/mol. The van der Waals surface area contributed by atoms with Crippen LogP contribution in [0.25, 0.3) is 0 Å². The van der Waals surface area contributed by atoms with E-state index >= 15 is 0 Å². The molecule has 2 aliphatic heterocycles. The fourth-order valence-corrected chi connectivity index (χ4v) is 3.62.